The number of ether oxygens (including phenoxy) is 1. The number of benzene rings is 1. The highest BCUT2D eigenvalue weighted by Crippen LogP contribution is 2.29. The SMILES string of the molecule is CCN(CC(=O)Nc1c(Cl)cccc1Cl)C(=O)c1cc(N2CCOCC2)ccn1. The lowest BCUT2D eigenvalue weighted by molar-refractivity contribution is -0.116. The van der Waals surface area contributed by atoms with Crippen LogP contribution in [0.5, 0.6) is 0 Å². The van der Waals surface area contributed by atoms with Gasteiger partial charge in [-0.2, -0.15) is 0 Å². The number of amides is 2. The maximum absolute atomic E-state index is 12.9. The van der Waals surface area contributed by atoms with Crippen LogP contribution < -0.4 is 10.2 Å². The number of halogens is 2. The molecule has 9 heteroatoms. The molecule has 1 aromatic carbocycles. The van der Waals surface area contributed by atoms with Crippen LogP contribution >= 0.6 is 23.2 Å². The molecule has 29 heavy (non-hydrogen) atoms. The first-order chi connectivity index (χ1) is 14.0. The van der Waals surface area contributed by atoms with E-state index in [1.165, 1.54) is 4.90 Å². The third-order valence-corrected chi connectivity index (χ3v) is 5.20. The molecule has 0 atom stereocenters. The predicted molar refractivity (Wildman–Crippen MR) is 114 cm³/mol. The fourth-order valence-corrected chi connectivity index (χ4v) is 3.51. The third kappa shape index (κ3) is 5.38. The van der Waals surface area contributed by atoms with E-state index >= 15 is 0 Å². The second-order valence-electron chi connectivity index (χ2n) is 6.46. The minimum absolute atomic E-state index is 0.139. The van der Waals surface area contributed by atoms with Crippen LogP contribution in [0.1, 0.15) is 17.4 Å². The second kappa shape index (κ2) is 9.91. The third-order valence-electron chi connectivity index (χ3n) is 4.57. The Bertz CT molecular complexity index is 868. The van der Waals surface area contributed by atoms with E-state index in [2.05, 4.69) is 15.2 Å². The zero-order valence-electron chi connectivity index (χ0n) is 16.0. The van der Waals surface area contributed by atoms with E-state index in [9.17, 15) is 9.59 Å². The van der Waals surface area contributed by atoms with Gasteiger partial charge in [0, 0.05) is 31.5 Å². The summed E-state index contributed by atoms with van der Waals surface area (Å²) in [6, 6.07) is 8.57. The molecule has 2 heterocycles. The number of morpholine rings is 1. The van der Waals surface area contributed by atoms with Crippen molar-refractivity contribution < 1.29 is 14.3 Å². The predicted octanol–water partition coefficient (Wildman–Crippen LogP) is 3.33. The summed E-state index contributed by atoms with van der Waals surface area (Å²) in [6.45, 7) is 4.84. The standard InChI is InChI=1S/C20H22Cl2N4O3/c1-2-25(13-18(27)24-19-15(21)4-3-5-16(19)22)20(28)17-12-14(6-7-23-17)26-8-10-29-11-9-26/h3-7,12H,2,8-11,13H2,1H3,(H,24,27). The van der Waals surface area contributed by atoms with Crippen LogP contribution in [0, 0.1) is 0 Å². The number of carbonyl (C=O) groups excluding carboxylic acids is 2. The van der Waals surface area contributed by atoms with Crippen LogP contribution in [0.2, 0.25) is 10.0 Å². The maximum Gasteiger partial charge on any atom is 0.272 e. The molecule has 1 aliphatic rings. The number of carbonyl (C=O) groups is 2. The molecule has 1 saturated heterocycles. The van der Waals surface area contributed by atoms with Gasteiger partial charge < -0.3 is 19.9 Å². The Balaban J connectivity index is 1.69. The van der Waals surface area contributed by atoms with Gasteiger partial charge in [-0.3, -0.25) is 14.6 Å². The van der Waals surface area contributed by atoms with Crippen molar-refractivity contribution in [1.82, 2.24) is 9.88 Å². The monoisotopic (exact) mass is 436 g/mol. The zero-order chi connectivity index (χ0) is 20.8. The summed E-state index contributed by atoms with van der Waals surface area (Å²) in [5.74, 6) is -0.706. The Morgan fingerprint density at radius 3 is 2.55 bits per heavy atom. The number of likely N-dealkylation sites (N-methyl/N-ethyl adjacent to an activating group) is 1. The van der Waals surface area contributed by atoms with E-state index in [1.54, 1.807) is 37.4 Å². The number of rotatable bonds is 6. The molecule has 0 spiro atoms. The molecule has 2 aromatic rings. The molecular formula is C20H22Cl2N4O3. The molecule has 0 bridgehead atoms. The first kappa shape index (κ1) is 21.4. The number of nitrogens with zero attached hydrogens (tertiary/aromatic N) is 3. The van der Waals surface area contributed by atoms with Crippen LogP contribution in [0.4, 0.5) is 11.4 Å². The Kier molecular flexibility index (Phi) is 7.30. The number of para-hydroxylation sites is 1. The molecule has 154 valence electrons. The number of hydrogen-bond donors (Lipinski definition) is 1. The normalized spacial score (nSPS) is 13.8. The van der Waals surface area contributed by atoms with Crippen LogP contribution in [0.3, 0.4) is 0 Å². The molecule has 7 nitrogen and oxygen atoms in total. The highest BCUT2D eigenvalue weighted by molar-refractivity contribution is 6.39. The lowest BCUT2D eigenvalue weighted by Crippen LogP contribution is -2.39. The fourth-order valence-electron chi connectivity index (χ4n) is 3.01. The molecule has 1 fully saturated rings. The van der Waals surface area contributed by atoms with Crippen molar-refractivity contribution >= 4 is 46.4 Å². The van der Waals surface area contributed by atoms with Gasteiger partial charge in [-0.15, -0.1) is 0 Å². The highest BCUT2D eigenvalue weighted by atomic mass is 35.5. The van der Waals surface area contributed by atoms with E-state index in [1.807, 2.05) is 6.07 Å². The molecule has 1 aliphatic heterocycles. The molecule has 0 radical (unpaired) electrons. The van der Waals surface area contributed by atoms with Gasteiger partial charge >= 0.3 is 0 Å². The van der Waals surface area contributed by atoms with E-state index in [0.717, 1.165) is 18.8 Å². The average molecular weight is 437 g/mol. The van der Waals surface area contributed by atoms with Crippen LogP contribution in [-0.4, -0.2) is 61.1 Å². The van der Waals surface area contributed by atoms with E-state index in [4.69, 9.17) is 27.9 Å². The lowest BCUT2D eigenvalue weighted by atomic mass is 10.2. The number of anilines is 2. The minimum atomic E-state index is -0.389. The van der Waals surface area contributed by atoms with Crippen molar-refractivity contribution in [2.75, 3.05) is 49.6 Å². The van der Waals surface area contributed by atoms with Gasteiger partial charge in [0.25, 0.3) is 5.91 Å². The summed E-state index contributed by atoms with van der Waals surface area (Å²) < 4.78 is 5.37. The number of nitrogens with one attached hydrogen (secondary N) is 1. The molecule has 0 unspecified atom stereocenters. The van der Waals surface area contributed by atoms with E-state index in [0.29, 0.717) is 41.2 Å². The number of pyridine rings is 1. The topological polar surface area (TPSA) is 74.8 Å². The van der Waals surface area contributed by atoms with E-state index < -0.39 is 0 Å². The summed E-state index contributed by atoms with van der Waals surface area (Å²) in [6.07, 6.45) is 1.61. The summed E-state index contributed by atoms with van der Waals surface area (Å²) in [5.41, 5.74) is 1.53. The quantitative estimate of drug-likeness (QED) is 0.751. The first-order valence-corrected chi connectivity index (χ1v) is 10.1. The molecule has 1 aromatic heterocycles. The molecule has 2 amide bonds. The molecule has 0 saturated carbocycles. The molecular weight excluding hydrogens is 415 g/mol. The fraction of sp³-hybridized carbons (Fsp3) is 0.350. The Morgan fingerprint density at radius 2 is 1.90 bits per heavy atom. The largest absolute Gasteiger partial charge is 0.378 e. The van der Waals surface area contributed by atoms with Gasteiger partial charge in [-0.25, -0.2) is 0 Å². The van der Waals surface area contributed by atoms with Gasteiger partial charge in [-0.05, 0) is 31.2 Å². The Hall–Kier alpha value is -2.35. The van der Waals surface area contributed by atoms with Crippen LogP contribution in [0.25, 0.3) is 0 Å². The van der Waals surface area contributed by atoms with Crippen molar-refractivity contribution in [1.29, 1.82) is 0 Å². The zero-order valence-corrected chi connectivity index (χ0v) is 17.5. The van der Waals surface area contributed by atoms with Crippen molar-refractivity contribution in [2.45, 2.75) is 6.92 Å². The van der Waals surface area contributed by atoms with E-state index in [-0.39, 0.29) is 18.4 Å². The molecule has 1 N–H and O–H groups in total. The summed E-state index contributed by atoms with van der Waals surface area (Å²) in [4.78, 5) is 33.2. The Morgan fingerprint density at radius 1 is 1.21 bits per heavy atom. The van der Waals surface area contributed by atoms with Gasteiger partial charge in [-0.1, -0.05) is 29.3 Å². The van der Waals surface area contributed by atoms with Crippen molar-refractivity contribution in [3.05, 3.63) is 52.3 Å². The number of aromatic nitrogens is 1. The minimum Gasteiger partial charge on any atom is -0.378 e. The lowest BCUT2D eigenvalue weighted by Gasteiger charge is -2.29. The van der Waals surface area contributed by atoms with Crippen LogP contribution in [-0.2, 0) is 9.53 Å². The summed E-state index contributed by atoms with van der Waals surface area (Å²) in [5, 5.41) is 3.34. The van der Waals surface area contributed by atoms with Gasteiger partial charge in [0.05, 0.1) is 28.9 Å². The van der Waals surface area contributed by atoms with Gasteiger partial charge in [0.1, 0.15) is 12.2 Å². The second-order valence-corrected chi connectivity index (χ2v) is 7.28. The maximum atomic E-state index is 12.9. The van der Waals surface area contributed by atoms with Crippen molar-refractivity contribution in [3.63, 3.8) is 0 Å². The van der Waals surface area contributed by atoms with Gasteiger partial charge in [0.2, 0.25) is 5.91 Å². The highest BCUT2D eigenvalue weighted by Gasteiger charge is 2.21. The van der Waals surface area contributed by atoms with Crippen molar-refractivity contribution in [3.8, 4) is 0 Å². The van der Waals surface area contributed by atoms with Crippen LogP contribution in [0.15, 0.2) is 36.5 Å². The Labute approximate surface area is 179 Å². The van der Waals surface area contributed by atoms with Crippen molar-refractivity contribution in [2.24, 2.45) is 0 Å². The summed E-state index contributed by atoms with van der Waals surface area (Å²) >= 11 is 12.2. The smallest absolute Gasteiger partial charge is 0.272 e. The van der Waals surface area contributed by atoms with Gasteiger partial charge in [0.15, 0.2) is 0 Å². The molecule has 0 aliphatic carbocycles. The number of hydrogen-bond acceptors (Lipinski definition) is 5. The first-order valence-electron chi connectivity index (χ1n) is 9.31. The molecule has 3 rings (SSSR count). The summed E-state index contributed by atoms with van der Waals surface area (Å²) in [7, 11) is 0. The average Bonchev–Trinajstić information content (AvgIpc) is 2.75.